The van der Waals surface area contributed by atoms with Crippen LogP contribution in [0.15, 0.2) is 24.5 Å². The number of nitrogens with zero attached hydrogens (tertiary/aromatic N) is 2. The van der Waals surface area contributed by atoms with E-state index in [9.17, 15) is 9.90 Å². The summed E-state index contributed by atoms with van der Waals surface area (Å²) in [7, 11) is 0. The van der Waals surface area contributed by atoms with E-state index in [1.165, 1.54) is 0 Å². The lowest BCUT2D eigenvalue weighted by Crippen LogP contribution is -2.22. The first kappa shape index (κ1) is 11.4. The van der Waals surface area contributed by atoms with Gasteiger partial charge < -0.3 is 14.8 Å². The van der Waals surface area contributed by atoms with Crippen molar-refractivity contribution in [1.82, 2.24) is 14.7 Å². The van der Waals surface area contributed by atoms with Gasteiger partial charge >= 0.3 is 0 Å². The quantitative estimate of drug-likeness (QED) is 0.840. The molecule has 90 valence electrons. The SMILES string of the molecule is CCCC(=O)NCc1cn2cccc(O)c2n1. The zero-order valence-electron chi connectivity index (χ0n) is 9.68. The summed E-state index contributed by atoms with van der Waals surface area (Å²) in [5, 5.41) is 12.4. The van der Waals surface area contributed by atoms with Gasteiger partial charge in [0.2, 0.25) is 5.91 Å². The summed E-state index contributed by atoms with van der Waals surface area (Å²) in [4.78, 5) is 15.5. The van der Waals surface area contributed by atoms with Crippen LogP contribution in [0.4, 0.5) is 0 Å². The Morgan fingerprint density at radius 1 is 1.59 bits per heavy atom. The highest BCUT2D eigenvalue weighted by molar-refractivity contribution is 5.75. The maximum absolute atomic E-state index is 11.3. The van der Waals surface area contributed by atoms with Crippen molar-refractivity contribution >= 4 is 11.6 Å². The summed E-state index contributed by atoms with van der Waals surface area (Å²) < 4.78 is 1.73. The van der Waals surface area contributed by atoms with Crippen molar-refractivity contribution < 1.29 is 9.90 Å². The number of imidazole rings is 1. The Hall–Kier alpha value is -2.04. The fourth-order valence-electron chi connectivity index (χ4n) is 1.64. The predicted octanol–water partition coefficient (Wildman–Crippen LogP) is 1.46. The number of hydrogen-bond donors (Lipinski definition) is 2. The van der Waals surface area contributed by atoms with Crippen LogP contribution < -0.4 is 5.32 Å². The van der Waals surface area contributed by atoms with Gasteiger partial charge in [0.05, 0.1) is 12.2 Å². The molecule has 2 aromatic heterocycles. The van der Waals surface area contributed by atoms with E-state index < -0.39 is 0 Å². The molecular weight excluding hydrogens is 218 g/mol. The van der Waals surface area contributed by atoms with Gasteiger partial charge in [-0.2, -0.15) is 0 Å². The third kappa shape index (κ3) is 2.55. The number of amides is 1. The van der Waals surface area contributed by atoms with Crippen LogP contribution in [0, 0.1) is 0 Å². The molecule has 0 radical (unpaired) electrons. The number of carbonyl (C=O) groups is 1. The molecule has 1 amide bonds. The second-order valence-electron chi connectivity index (χ2n) is 3.88. The molecule has 17 heavy (non-hydrogen) atoms. The van der Waals surface area contributed by atoms with Gasteiger partial charge in [0.15, 0.2) is 11.4 Å². The van der Waals surface area contributed by atoms with E-state index in [1.54, 1.807) is 28.9 Å². The maximum atomic E-state index is 11.3. The summed E-state index contributed by atoms with van der Waals surface area (Å²) in [5.41, 5.74) is 1.24. The summed E-state index contributed by atoms with van der Waals surface area (Å²) in [6, 6.07) is 3.32. The first-order valence-electron chi connectivity index (χ1n) is 5.63. The van der Waals surface area contributed by atoms with Crippen LogP contribution in [0.5, 0.6) is 5.75 Å². The highest BCUT2D eigenvalue weighted by Crippen LogP contribution is 2.16. The van der Waals surface area contributed by atoms with Crippen LogP contribution in [0.1, 0.15) is 25.5 Å². The molecule has 0 aliphatic rings. The fraction of sp³-hybridized carbons (Fsp3) is 0.333. The third-order valence-electron chi connectivity index (χ3n) is 2.46. The zero-order valence-corrected chi connectivity index (χ0v) is 9.68. The number of carbonyl (C=O) groups excluding carboxylic acids is 1. The number of rotatable bonds is 4. The van der Waals surface area contributed by atoms with Crippen molar-refractivity contribution in [3.63, 3.8) is 0 Å². The Bertz CT molecular complexity index is 534. The molecule has 2 aromatic rings. The van der Waals surface area contributed by atoms with Crippen molar-refractivity contribution in [3.8, 4) is 5.75 Å². The second kappa shape index (κ2) is 4.86. The highest BCUT2D eigenvalue weighted by Gasteiger charge is 2.06. The predicted molar refractivity (Wildman–Crippen MR) is 63.6 cm³/mol. The van der Waals surface area contributed by atoms with Gasteiger partial charge in [0.1, 0.15) is 0 Å². The minimum Gasteiger partial charge on any atom is -0.504 e. The summed E-state index contributed by atoms with van der Waals surface area (Å²) >= 11 is 0. The largest absolute Gasteiger partial charge is 0.504 e. The molecule has 5 heteroatoms. The molecule has 0 unspecified atom stereocenters. The number of pyridine rings is 1. The van der Waals surface area contributed by atoms with E-state index in [1.807, 2.05) is 6.92 Å². The smallest absolute Gasteiger partial charge is 0.220 e. The summed E-state index contributed by atoms with van der Waals surface area (Å²) in [6.45, 7) is 2.35. The molecule has 2 heterocycles. The van der Waals surface area contributed by atoms with Crippen molar-refractivity contribution in [2.24, 2.45) is 0 Å². The monoisotopic (exact) mass is 233 g/mol. The van der Waals surface area contributed by atoms with E-state index in [0.717, 1.165) is 12.1 Å². The molecular formula is C12H15N3O2. The average Bonchev–Trinajstić information content (AvgIpc) is 2.71. The van der Waals surface area contributed by atoms with Crippen LogP contribution in [-0.4, -0.2) is 20.4 Å². The molecule has 5 nitrogen and oxygen atoms in total. The lowest BCUT2D eigenvalue weighted by Gasteiger charge is -2.00. The number of fused-ring (bicyclic) bond motifs is 1. The Labute approximate surface area is 99.1 Å². The van der Waals surface area contributed by atoms with Gasteiger partial charge in [-0.1, -0.05) is 6.92 Å². The molecule has 0 atom stereocenters. The number of nitrogens with one attached hydrogen (secondary N) is 1. The minimum atomic E-state index is 0.0220. The van der Waals surface area contributed by atoms with E-state index in [2.05, 4.69) is 10.3 Å². The van der Waals surface area contributed by atoms with E-state index >= 15 is 0 Å². The minimum absolute atomic E-state index is 0.0220. The van der Waals surface area contributed by atoms with Gasteiger partial charge in [0.25, 0.3) is 0 Å². The molecule has 0 bridgehead atoms. The van der Waals surface area contributed by atoms with Crippen LogP contribution in [-0.2, 0) is 11.3 Å². The lowest BCUT2D eigenvalue weighted by molar-refractivity contribution is -0.121. The van der Waals surface area contributed by atoms with Gasteiger partial charge in [-0.25, -0.2) is 4.98 Å². The molecule has 2 rings (SSSR count). The molecule has 2 N–H and O–H groups in total. The first-order chi connectivity index (χ1) is 8.20. The topological polar surface area (TPSA) is 66.6 Å². The second-order valence-corrected chi connectivity index (χ2v) is 3.88. The van der Waals surface area contributed by atoms with Gasteiger partial charge in [-0.15, -0.1) is 0 Å². The standard InChI is InChI=1S/C12H15N3O2/c1-2-4-11(17)13-7-9-8-15-6-3-5-10(16)12(15)14-9/h3,5-6,8,16H,2,4,7H2,1H3,(H,13,17). The van der Waals surface area contributed by atoms with Crippen LogP contribution in [0.2, 0.25) is 0 Å². The van der Waals surface area contributed by atoms with Crippen LogP contribution in [0.25, 0.3) is 5.65 Å². The molecule has 0 spiro atoms. The molecule has 0 saturated heterocycles. The van der Waals surface area contributed by atoms with Crippen LogP contribution >= 0.6 is 0 Å². The van der Waals surface area contributed by atoms with Crippen molar-refractivity contribution in [2.45, 2.75) is 26.3 Å². The van der Waals surface area contributed by atoms with E-state index in [4.69, 9.17) is 0 Å². The molecule has 0 aliphatic heterocycles. The van der Waals surface area contributed by atoms with E-state index in [-0.39, 0.29) is 11.7 Å². The average molecular weight is 233 g/mol. The van der Waals surface area contributed by atoms with Crippen molar-refractivity contribution in [2.75, 3.05) is 0 Å². The first-order valence-corrected chi connectivity index (χ1v) is 5.63. The number of hydrogen-bond acceptors (Lipinski definition) is 3. The Morgan fingerprint density at radius 3 is 3.12 bits per heavy atom. The van der Waals surface area contributed by atoms with Crippen LogP contribution in [0.3, 0.4) is 0 Å². The lowest BCUT2D eigenvalue weighted by atomic mass is 10.3. The molecule has 0 aromatic carbocycles. The number of aromatic hydroxyl groups is 1. The van der Waals surface area contributed by atoms with E-state index in [0.29, 0.717) is 18.6 Å². The fourth-order valence-corrected chi connectivity index (χ4v) is 1.64. The third-order valence-corrected chi connectivity index (χ3v) is 2.46. The van der Waals surface area contributed by atoms with Gasteiger partial charge in [0, 0.05) is 18.8 Å². The molecule has 0 saturated carbocycles. The van der Waals surface area contributed by atoms with Gasteiger partial charge in [-0.05, 0) is 18.6 Å². The highest BCUT2D eigenvalue weighted by atomic mass is 16.3. The normalized spacial score (nSPS) is 10.6. The Kier molecular flexibility index (Phi) is 3.27. The Balaban J connectivity index is 2.10. The van der Waals surface area contributed by atoms with Crippen molar-refractivity contribution in [3.05, 3.63) is 30.2 Å². The molecule has 0 aliphatic carbocycles. The van der Waals surface area contributed by atoms with Gasteiger partial charge in [-0.3, -0.25) is 4.79 Å². The summed E-state index contributed by atoms with van der Waals surface area (Å²) in [6.07, 6.45) is 4.96. The summed E-state index contributed by atoms with van der Waals surface area (Å²) in [5.74, 6) is 0.160. The zero-order chi connectivity index (χ0) is 12.3. The number of aromatic nitrogens is 2. The maximum Gasteiger partial charge on any atom is 0.220 e. The Morgan fingerprint density at radius 2 is 2.41 bits per heavy atom. The molecule has 0 fully saturated rings. The van der Waals surface area contributed by atoms with Crippen molar-refractivity contribution in [1.29, 1.82) is 0 Å².